The van der Waals surface area contributed by atoms with Gasteiger partial charge in [0.25, 0.3) is 5.56 Å². The fourth-order valence-corrected chi connectivity index (χ4v) is 1.08. The summed E-state index contributed by atoms with van der Waals surface area (Å²) in [5, 5.41) is 10.7. The smallest absolute Gasteiger partial charge is 0.304 e. The maximum absolute atomic E-state index is 10.7. The van der Waals surface area contributed by atoms with E-state index in [1.807, 2.05) is 0 Å². The van der Waals surface area contributed by atoms with E-state index in [4.69, 9.17) is 9.63 Å². The van der Waals surface area contributed by atoms with Gasteiger partial charge in [-0.15, -0.1) is 0 Å². The van der Waals surface area contributed by atoms with Crippen molar-refractivity contribution in [1.82, 2.24) is 5.16 Å². The van der Waals surface area contributed by atoms with Crippen molar-refractivity contribution in [2.75, 3.05) is 0 Å². The van der Waals surface area contributed by atoms with Crippen molar-refractivity contribution in [2.24, 2.45) is 0 Å². The second-order valence-corrected chi connectivity index (χ2v) is 3.53. The number of hydrogen-bond acceptors (Lipinski definition) is 3. The Morgan fingerprint density at radius 3 is 2.69 bits per heavy atom. The lowest BCUT2D eigenvalue weighted by atomic mass is 9.87. The number of carbonyl (C=O) groups is 1. The van der Waals surface area contributed by atoms with E-state index in [0.717, 1.165) is 0 Å². The summed E-state index contributed by atoms with van der Waals surface area (Å²) in [4.78, 5) is 21.2. The molecule has 0 atom stereocenters. The first-order chi connectivity index (χ1) is 5.92. The van der Waals surface area contributed by atoms with E-state index < -0.39 is 11.4 Å². The van der Waals surface area contributed by atoms with E-state index in [1.165, 1.54) is 6.07 Å². The number of aliphatic carboxylic acids is 1. The summed E-state index contributed by atoms with van der Waals surface area (Å²) >= 11 is 0. The van der Waals surface area contributed by atoms with E-state index in [-0.39, 0.29) is 12.0 Å². The third-order valence-electron chi connectivity index (χ3n) is 1.78. The number of carboxylic acids is 1. The van der Waals surface area contributed by atoms with Crippen LogP contribution in [0.5, 0.6) is 0 Å². The number of carboxylic acid groups (broad SMARTS) is 1. The third-order valence-corrected chi connectivity index (χ3v) is 1.78. The molecule has 13 heavy (non-hydrogen) atoms. The Morgan fingerprint density at radius 2 is 2.31 bits per heavy atom. The Balaban J connectivity index is 2.92. The molecule has 0 saturated carbocycles. The summed E-state index contributed by atoms with van der Waals surface area (Å²) in [5.74, 6) is -0.561. The molecule has 0 bridgehead atoms. The molecule has 0 unspecified atom stereocenters. The zero-order chi connectivity index (χ0) is 10.1. The molecule has 0 amide bonds. The molecule has 0 aromatic carbocycles. The Bertz CT molecular complexity index is 360. The van der Waals surface area contributed by atoms with Crippen molar-refractivity contribution >= 4 is 5.97 Å². The van der Waals surface area contributed by atoms with Gasteiger partial charge in [0, 0.05) is 11.5 Å². The fraction of sp³-hybridized carbons (Fsp3) is 0.500. The summed E-state index contributed by atoms with van der Waals surface area (Å²) in [6.07, 6.45) is -0.0756. The summed E-state index contributed by atoms with van der Waals surface area (Å²) in [7, 11) is 0. The molecular formula is C8H11NO4. The minimum absolute atomic E-state index is 0.0756. The molecule has 2 N–H and O–H groups in total. The quantitative estimate of drug-likeness (QED) is 0.726. The Morgan fingerprint density at radius 1 is 1.69 bits per heavy atom. The van der Waals surface area contributed by atoms with Crippen LogP contribution in [-0.2, 0) is 10.2 Å². The molecule has 0 aliphatic carbocycles. The zero-order valence-electron chi connectivity index (χ0n) is 7.46. The standard InChI is InChI=1S/C8H11NO4/c1-8(2,4-7(11)12)5-3-6(10)9-13-5/h3H,4H2,1-2H3,(H,9,10)(H,11,12). The van der Waals surface area contributed by atoms with Gasteiger partial charge < -0.3 is 9.63 Å². The van der Waals surface area contributed by atoms with E-state index in [9.17, 15) is 9.59 Å². The molecule has 0 spiro atoms. The highest BCUT2D eigenvalue weighted by Gasteiger charge is 2.28. The summed E-state index contributed by atoms with van der Waals surface area (Å²) < 4.78 is 4.83. The highest BCUT2D eigenvalue weighted by Crippen LogP contribution is 2.25. The van der Waals surface area contributed by atoms with Gasteiger partial charge in [-0.05, 0) is 0 Å². The molecule has 0 radical (unpaired) electrons. The van der Waals surface area contributed by atoms with Gasteiger partial charge in [-0.25, -0.2) is 0 Å². The van der Waals surface area contributed by atoms with E-state index in [0.29, 0.717) is 5.76 Å². The average Bonchev–Trinajstić information content (AvgIpc) is 2.32. The highest BCUT2D eigenvalue weighted by molar-refractivity contribution is 5.68. The van der Waals surface area contributed by atoms with Crippen molar-refractivity contribution < 1.29 is 14.4 Å². The van der Waals surface area contributed by atoms with Crippen molar-refractivity contribution in [2.45, 2.75) is 25.7 Å². The number of H-pyrrole nitrogens is 1. The molecule has 5 heteroatoms. The lowest BCUT2D eigenvalue weighted by Crippen LogP contribution is -2.21. The van der Waals surface area contributed by atoms with E-state index in [2.05, 4.69) is 5.16 Å². The van der Waals surface area contributed by atoms with Gasteiger partial charge in [0.2, 0.25) is 0 Å². The van der Waals surface area contributed by atoms with Gasteiger partial charge in [0.15, 0.2) is 0 Å². The molecule has 0 saturated heterocycles. The minimum atomic E-state index is -0.922. The van der Waals surface area contributed by atoms with Crippen LogP contribution in [-0.4, -0.2) is 16.2 Å². The van der Waals surface area contributed by atoms with Crippen LogP contribution in [0.15, 0.2) is 15.4 Å². The average molecular weight is 185 g/mol. The first-order valence-electron chi connectivity index (χ1n) is 3.82. The van der Waals surface area contributed by atoms with Gasteiger partial charge in [-0.2, -0.15) is 5.16 Å². The number of rotatable bonds is 3. The largest absolute Gasteiger partial charge is 0.481 e. The van der Waals surface area contributed by atoms with Crippen LogP contribution in [0.1, 0.15) is 26.0 Å². The predicted molar refractivity (Wildman–Crippen MR) is 44.6 cm³/mol. The third kappa shape index (κ3) is 2.21. The second kappa shape index (κ2) is 3.08. The lowest BCUT2D eigenvalue weighted by molar-refractivity contribution is -0.138. The van der Waals surface area contributed by atoms with Crippen LogP contribution in [0.3, 0.4) is 0 Å². The highest BCUT2D eigenvalue weighted by atomic mass is 16.5. The van der Waals surface area contributed by atoms with Gasteiger partial charge >= 0.3 is 5.97 Å². The molecule has 0 aliphatic rings. The first-order valence-corrected chi connectivity index (χ1v) is 3.82. The molecule has 0 aliphatic heterocycles. The van der Waals surface area contributed by atoms with Crippen molar-refractivity contribution in [3.63, 3.8) is 0 Å². The van der Waals surface area contributed by atoms with Gasteiger partial charge in [-0.3, -0.25) is 9.59 Å². The van der Waals surface area contributed by atoms with Crippen molar-refractivity contribution in [3.05, 3.63) is 22.2 Å². The molecule has 1 heterocycles. The zero-order valence-corrected chi connectivity index (χ0v) is 7.46. The maximum Gasteiger partial charge on any atom is 0.304 e. The van der Waals surface area contributed by atoms with Crippen LogP contribution < -0.4 is 5.56 Å². The summed E-state index contributed by atoms with van der Waals surface area (Å²) in [6, 6.07) is 1.27. The number of aromatic nitrogens is 1. The molecule has 1 aromatic rings. The number of aromatic amines is 1. The maximum atomic E-state index is 10.7. The SMILES string of the molecule is CC(C)(CC(=O)O)c1cc(=O)[nH]o1. The molecule has 0 fully saturated rings. The van der Waals surface area contributed by atoms with Crippen LogP contribution in [0.25, 0.3) is 0 Å². The van der Waals surface area contributed by atoms with Gasteiger partial charge in [0.1, 0.15) is 5.76 Å². The topological polar surface area (TPSA) is 83.3 Å². The second-order valence-electron chi connectivity index (χ2n) is 3.53. The first kappa shape index (κ1) is 9.57. The number of hydrogen-bond donors (Lipinski definition) is 2. The summed E-state index contributed by atoms with van der Waals surface area (Å²) in [5.41, 5.74) is -1.01. The van der Waals surface area contributed by atoms with Crippen LogP contribution >= 0.6 is 0 Å². The monoisotopic (exact) mass is 185 g/mol. The van der Waals surface area contributed by atoms with Crippen molar-refractivity contribution in [3.8, 4) is 0 Å². The minimum Gasteiger partial charge on any atom is -0.481 e. The van der Waals surface area contributed by atoms with Crippen LogP contribution in [0, 0.1) is 0 Å². The van der Waals surface area contributed by atoms with E-state index >= 15 is 0 Å². The molecule has 1 rings (SSSR count). The predicted octanol–water partition coefficient (Wildman–Crippen LogP) is 0.720. The van der Waals surface area contributed by atoms with Crippen LogP contribution in [0.2, 0.25) is 0 Å². The lowest BCUT2D eigenvalue weighted by Gasteiger charge is -2.17. The molecule has 1 aromatic heterocycles. The Kier molecular flexibility index (Phi) is 2.27. The Labute approximate surface area is 74.3 Å². The summed E-state index contributed by atoms with van der Waals surface area (Å²) in [6.45, 7) is 3.40. The molecule has 72 valence electrons. The normalized spacial score (nSPS) is 11.5. The van der Waals surface area contributed by atoms with Gasteiger partial charge in [-0.1, -0.05) is 13.8 Å². The van der Waals surface area contributed by atoms with Crippen molar-refractivity contribution in [1.29, 1.82) is 0 Å². The van der Waals surface area contributed by atoms with Gasteiger partial charge in [0.05, 0.1) is 6.42 Å². The molecule has 5 nitrogen and oxygen atoms in total. The number of nitrogens with one attached hydrogen (secondary N) is 1. The molecular weight excluding hydrogens is 174 g/mol. The van der Waals surface area contributed by atoms with Crippen LogP contribution in [0.4, 0.5) is 0 Å². The van der Waals surface area contributed by atoms with E-state index in [1.54, 1.807) is 13.8 Å². The fourth-order valence-electron chi connectivity index (χ4n) is 1.08. The Hall–Kier alpha value is -1.52.